The molecule has 0 saturated carbocycles. The number of rotatable bonds is 7. The molecule has 6 nitrogen and oxygen atoms in total. The fourth-order valence-electron chi connectivity index (χ4n) is 2.75. The molecule has 3 rings (SSSR count). The topological polar surface area (TPSA) is 83.8 Å². The van der Waals surface area contributed by atoms with Crippen molar-refractivity contribution >= 4 is 11.0 Å². The van der Waals surface area contributed by atoms with Gasteiger partial charge in [-0.05, 0) is 30.7 Å². The highest BCUT2D eigenvalue weighted by molar-refractivity contribution is 5.90. The zero-order chi connectivity index (χ0) is 17.6. The van der Waals surface area contributed by atoms with Crippen LogP contribution in [0.2, 0.25) is 0 Å². The minimum atomic E-state index is 0.0216. The summed E-state index contributed by atoms with van der Waals surface area (Å²) in [7, 11) is 1.67. The molecule has 0 amide bonds. The fraction of sp³-hybridized carbons (Fsp3) is 0.316. The highest BCUT2D eigenvalue weighted by atomic mass is 16.5. The van der Waals surface area contributed by atoms with Gasteiger partial charge in [0.25, 0.3) is 0 Å². The third-order valence-electron chi connectivity index (χ3n) is 4.12. The van der Waals surface area contributed by atoms with Crippen molar-refractivity contribution in [2.75, 3.05) is 13.7 Å². The Kier molecular flexibility index (Phi) is 5.26. The number of nitrogens with one attached hydrogen (secondary N) is 1. The first kappa shape index (κ1) is 16.9. The lowest BCUT2D eigenvalue weighted by Crippen LogP contribution is -2.18. The first-order valence-electron chi connectivity index (χ1n) is 8.25. The van der Waals surface area contributed by atoms with E-state index in [-0.39, 0.29) is 6.10 Å². The summed E-state index contributed by atoms with van der Waals surface area (Å²) in [6.07, 6.45) is 5.00. The summed E-state index contributed by atoms with van der Waals surface area (Å²) in [5.41, 5.74) is 2.92. The molecular formula is C19H20N4O2. The van der Waals surface area contributed by atoms with Crippen molar-refractivity contribution in [1.82, 2.24) is 15.0 Å². The van der Waals surface area contributed by atoms with Gasteiger partial charge in [-0.15, -0.1) is 0 Å². The second-order valence-electron chi connectivity index (χ2n) is 5.71. The third kappa shape index (κ3) is 3.62. The van der Waals surface area contributed by atoms with Gasteiger partial charge in [0.05, 0.1) is 11.3 Å². The lowest BCUT2D eigenvalue weighted by atomic mass is 10.1. The minimum Gasteiger partial charge on any atom is -0.489 e. The molecule has 0 aliphatic rings. The number of methoxy groups -OCH3 is 1. The molecule has 0 aliphatic heterocycles. The summed E-state index contributed by atoms with van der Waals surface area (Å²) < 4.78 is 11.1. The van der Waals surface area contributed by atoms with Crippen LogP contribution in [0.15, 0.2) is 36.8 Å². The van der Waals surface area contributed by atoms with Crippen LogP contribution < -0.4 is 4.74 Å². The number of hydrogen-bond acceptors (Lipinski definition) is 5. The summed E-state index contributed by atoms with van der Waals surface area (Å²) in [6, 6.07) is 9.73. The Morgan fingerprint density at radius 2 is 2.16 bits per heavy atom. The maximum Gasteiger partial charge on any atom is 0.141 e. The van der Waals surface area contributed by atoms with Crippen molar-refractivity contribution in [3.63, 3.8) is 0 Å². The predicted octanol–water partition coefficient (Wildman–Crippen LogP) is 3.69. The van der Waals surface area contributed by atoms with E-state index in [1.54, 1.807) is 7.11 Å². The van der Waals surface area contributed by atoms with E-state index in [1.807, 2.05) is 30.5 Å². The Morgan fingerprint density at radius 3 is 2.92 bits per heavy atom. The zero-order valence-corrected chi connectivity index (χ0v) is 14.3. The molecule has 128 valence electrons. The maximum absolute atomic E-state index is 9.53. The number of aromatic nitrogens is 3. The Bertz CT molecular complexity index is 898. The quantitative estimate of drug-likeness (QED) is 0.711. The molecule has 1 aromatic carbocycles. The molecule has 0 saturated heterocycles. The number of ether oxygens (including phenoxy) is 2. The Hall–Kier alpha value is -2.91. The molecule has 3 aromatic rings. The van der Waals surface area contributed by atoms with E-state index in [2.05, 4.69) is 27.9 Å². The summed E-state index contributed by atoms with van der Waals surface area (Å²) >= 11 is 0. The molecule has 6 heteroatoms. The van der Waals surface area contributed by atoms with Crippen molar-refractivity contribution in [3.8, 4) is 23.1 Å². The van der Waals surface area contributed by atoms with Crippen LogP contribution in [0.25, 0.3) is 22.3 Å². The molecule has 2 heterocycles. The minimum absolute atomic E-state index is 0.0216. The Morgan fingerprint density at radius 1 is 1.28 bits per heavy atom. The van der Waals surface area contributed by atoms with Crippen molar-refractivity contribution in [2.24, 2.45) is 0 Å². The van der Waals surface area contributed by atoms with Gasteiger partial charge in [-0.3, -0.25) is 0 Å². The molecule has 0 spiro atoms. The lowest BCUT2D eigenvalue weighted by Gasteiger charge is -2.18. The average Bonchev–Trinajstić information content (AvgIpc) is 3.14. The Balaban J connectivity index is 1.92. The summed E-state index contributed by atoms with van der Waals surface area (Å²) in [5.74, 6) is 0.591. The van der Waals surface area contributed by atoms with Gasteiger partial charge in [0.2, 0.25) is 0 Å². The molecule has 1 N–H and O–H groups in total. The smallest absolute Gasteiger partial charge is 0.141 e. The largest absolute Gasteiger partial charge is 0.489 e. The van der Waals surface area contributed by atoms with Crippen molar-refractivity contribution in [1.29, 1.82) is 5.26 Å². The highest BCUT2D eigenvalue weighted by Gasteiger charge is 2.14. The first-order chi connectivity index (χ1) is 12.3. The molecule has 0 radical (unpaired) electrons. The van der Waals surface area contributed by atoms with Gasteiger partial charge in [0.1, 0.15) is 29.9 Å². The van der Waals surface area contributed by atoms with Crippen LogP contribution in [-0.4, -0.2) is 34.8 Å². The van der Waals surface area contributed by atoms with Crippen molar-refractivity contribution in [2.45, 2.75) is 25.9 Å². The van der Waals surface area contributed by atoms with Gasteiger partial charge < -0.3 is 14.5 Å². The lowest BCUT2D eigenvalue weighted by molar-refractivity contribution is 0.123. The number of aromatic amines is 1. The third-order valence-corrected chi connectivity index (χ3v) is 4.12. The van der Waals surface area contributed by atoms with Crippen LogP contribution in [0.5, 0.6) is 5.75 Å². The second kappa shape index (κ2) is 7.77. The number of benzene rings is 1. The van der Waals surface area contributed by atoms with E-state index in [0.717, 1.165) is 35.1 Å². The van der Waals surface area contributed by atoms with Crippen LogP contribution in [0.4, 0.5) is 0 Å². The number of hydrogen-bond donors (Lipinski definition) is 1. The predicted molar refractivity (Wildman–Crippen MR) is 95.2 cm³/mol. The number of fused-ring (bicyclic) bond motifs is 1. The Labute approximate surface area is 146 Å². The van der Waals surface area contributed by atoms with Crippen molar-refractivity contribution in [3.05, 3.63) is 42.4 Å². The van der Waals surface area contributed by atoms with E-state index in [0.29, 0.717) is 17.9 Å². The van der Waals surface area contributed by atoms with E-state index in [9.17, 15) is 5.26 Å². The SMILES string of the molecule is CCC(CCOC)Oc1ccc(-c2ncnc3[nH]ccc23)cc1C#N. The molecule has 0 fully saturated rings. The van der Waals surface area contributed by atoms with Crippen LogP contribution in [0.1, 0.15) is 25.3 Å². The van der Waals surface area contributed by atoms with Crippen LogP contribution in [-0.2, 0) is 4.74 Å². The molecule has 1 unspecified atom stereocenters. The first-order valence-corrected chi connectivity index (χ1v) is 8.25. The number of H-pyrrole nitrogens is 1. The monoisotopic (exact) mass is 336 g/mol. The number of nitrogens with zero attached hydrogens (tertiary/aromatic N) is 3. The van der Waals surface area contributed by atoms with Crippen LogP contribution >= 0.6 is 0 Å². The summed E-state index contributed by atoms with van der Waals surface area (Å²) in [4.78, 5) is 11.6. The van der Waals surface area contributed by atoms with E-state index < -0.39 is 0 Å². The number of nitriles is 1. The molecule has 1 atom stereocenters. The van der Waals surface area contributed by atoms with E-state index in [1.165, 1.54) is 6.33 Å². The van der Waals surface area contributed by atoms with Gasteiger partial charge in [0.15, 0.2) is 0 Å². The summed E-state index contributed by atoms with van der Waals surface area (Å²) in [5, 5.41) is 10.5. The average molecular weight is 336 g/mol. The molecule has 0 aliphatic carbocycles. The zero-order valence-electron chi connectivity index (χ0n) is 14.3. The normalized spacial score (nSPS) is 12.0. The second-order valence-corrected chi connectivity index (χ2v) is 5.71. The molecule has 25 heavy (non-hydrogen) atoms. The van der Waals surface area contributed by atoms with Crippen LogP contribution in [0.3, 0.4) is 0 Å². The van der Waals surface area contributed by atoms with E-state index in [4.69, 9.17) is 9.47 Å². The van der Waals surface area contributed by atoms with Crippen molar-refractivity contribution < 1.29 is 9.47 Å². The fourth-order valence-corrected chi connectivity index (χ4v) is 2.75. The maximum atomic E-state index is 9.53. The van der Waals surface area contributed by atoms with Gasteiger partial charge >= 0.3 is 0 Å². The highest BCUT2D eigenvalue weighted by Crippen LogP contribution is 2.30. The molecule has 2 aromatic heterocycles. The molecule has 0 bridgehead atoms. The van der Waals surface area contributed by atoms with Gasteiger partial charge in [-0.1, -0.05) is 6.92 Å². The van der Waals surface area contributed by atoms with E-state index >= 15 is 0 Å². The molecular weight excluding hydrogens is 316 g/mol. The van der Waals surface area contributed by atoms with Gasteiger partial charge in [-0.25, -0.2) is 9.97 Å². The standard InChI is InChI=1S/C19H20N4O2/c1-3-15(7-9-24-2)25-17-5-4-13(10-14(17)11-20)18-16-6-8-21-19(16)23-12-22-18/h4-6,8,10,12,15H,3,7,9H2,1-2H3,(H,21,22,23). The van der Waals surface area contributed by atoms with Gasteiger partial charge in [-0.2, -0.15) is 5.26 Å². The van der Waals surface area contributed by atoms with Crippen LogP contribution in [0, 0.1) is 11.3 Å². The summed E-state index contributed by atoms with van der Waals surface area (Å²) in [6.45, 7) is 2.69. The van der Waals surface area contributed by atoms with Gasteiger partial charge in [0, 0.05) is 37.3 Å².